The Kier molecular flexibility index (Phi) is 5.26. The number of nitrogens with one attached hydrogen (secondary N) is 2. The molecular formula is C12H15BrN6O2. The molecule has 1 amide bonds. The highest BCUT2D eigenvalue weighted by atomic mass is 79.9. The van der Waals surface area contributed by atoms with Gasteiger partial charge in [-0.25, -0.2) is 10.8 Å². The van der Waals surface area contributed by atoms with Gasteiger partial charge in [0.25, 0.3) is 5.91 Å². The van der Waals surface area contributed by atoms with Gasteiger partial charge in [0.05, 0.1) is 30.6 Å². The Hall–Kier alpha value is -1.97. The van der Waals surface area contributed by atoms with Gasteiger partial charge in [-0.3, -0.25) is 9.48 Å². The SMILES string of the molecule is COCCn1cc(NC(=O)c2cc(Br)cnc2NN)cn1. The predicted octanol–water partition coefficient (Wildman–Crippen LogP) is 1.22. The number of nitrogens with zero attached hydrogens (tertiary/aromatic N) is 3. The van der Waals surface area contributed by atoms with E-state index in [1.165, 1.54) is 0 Å². The number of hydrazine groups is 1. The fraction of sp³-hybridized carbons (Fsp3) is 0.250. The van der Waals surface area contributed by atoms with E-state index in [0.717, 1.165) is 0 Å². The molecule has 9 heteroatoms. The van der Waals surface area contributed by atoms with E-state index in [0.29, 0.717) is 34.7 Å². The van der Waals surface area contributed by atoms with Gasteiger partial charge in [0, 0.05) is 24.0 Å². The number of rotatable bonds is 6. The Bertz CT molecular complexity index is 630. The summed E-state index contributed by atoms with van der Waals surface area (Å²) in [6.07, 6.45) is 4.83. The number of carbonyl (C=O) groups is 1. The zero-order chi connectivity index (χ0) is 15.2. The summed E-state index contributed by atoms with van der Waals surface area (Å²) in [4.78, 5) is 16.3. The first-order valence-electron chi connectivity index (χ1n) is 6.09. The molecule has 0 spiro atoms. The van der Waals surface area contributed by atoms with E-state index in [4.69, 9.17) is 10.6 Å². The molecule has 0 saturated carbocycles. The average Bonchev–Trinajstić information content (AvgIpc) is 2.92. The first kappa shape index (κ1) is 15.4. The molecule has 0 fully saturated rings. The van der Waals surface area contributed by atoms with Crippen LogP contribution in [0.25, 0.3) is 0 Å². The van der Waals surface area contributed by atoms with Crippen molar-refractivity contribution in [1.29, 1.82) is 0 Å². The van der Waals surface area contributed by atoms with Crippen LogP contribution in [0.1, 0.15) is 10.4 Å². The van der Waals surface area contributed by atoms with Crippen molar-refractivity contribution in [3.63, 3.8) is 0 Å². The molecule has 2 aromatic rings. The second-order valence-corrected chi connectivity index (χ2v) is 5.05. The Morgan fingerprint density at radius 2 is 2.33 bits per heavy atom. The lowest BCUT2D eigenvalue weighted by Crippen LogP contribution is -2.18. The number of amides is 1. The summed E-state index contributed by atoms with van der Waals surface area (Å²) in [7, 11) is 1.62. The first-order chi connectivity index (χ1) is 10.1. The number of nitrogens with two attached hydrogens (primary N) is 1. The lowest BCUT2D eigenvalue weighted by atomic mass is 10.2. The normalized spacial score (nSPS) is 10.4. The molecule has 0 aliphatic heterocycles. The summed E-state index contributed by atoms with van der Waals surface area (Å²) in [5, 5.41) is 6.85. The Labute approximate surface area is 129 Å². The Balaban J connectivity index is 2.10. The number of halogens is 1. The summed E-state index contributed by atoms with van der Waals surface area (Å²) in [5.41, 5.74) is 3.31. The van der Waals surface area contributed by atoms with E-state index in [9.17, 15) is 4.79 Å². The number of hydrogen-bond acceptors (Lipinski definition) is 6. The van der Waals surface area contributed by atoms with Gasteiger partial charge in [-0.15, -0.1) is 0 Å². The van der Waals surface area contributed by atoms with Crippen LogP contribution in [0.5, 0.6) is 0 Å². The fourth-order valence-corrected chi connectivity index (χ4v) is 1.99. The van der Waals surface area contributed by atoms with Gasteiger partial charge < -0.3 is 15.5 Å². The van der Waals surface area contributed by atoms with Crippen LogP contribution >= 0.6 is 15.9 Å². The van der Waals surface area contributed by atoms with Gasteiger partial charge in [-0.2, -0.15) is 5.10 Å². The molecule has 21 heavy (non-hydrogen) atoms. The van der Waals surface area contributed by atoms with Crippen molar-refractivity contribution >= 4 is 33.3 Å². The van der Waals surface area contributed by atoms with Crippen molar-refractivity contribution in [2.75, 3.05) is 24.5 Å². The molecule has 0 aliphatic carbocycles. The van der Waals surface area contributed by atoms with Crippen molar-refractivity contribution in [3.8, 4) is 0 Å². The van der Waals surface area contributed by atoms with Gasteiger partial charge in [-0.1, -0.05) is 0 Å². The fourth-order valence-electron chi connectivity index (χ4n) is 1.66. The molecule has 0 atom stereocenters. The molecule has 0 bridgehead atoms. The maximum Gasteiger partial charge on any atom is 0.259 e. The molecule has 2 aromatic heterocycles. The van der Waals surface area contributed by atoms with E-state index in [2.05, 4.69) is 36.8 Å². The number of methoxy groups -OCH3 is 1. The van der Waals surface area contributed by atoms with Gasteiger partial charge in [0.1, 0.15) is 0 Å². The second-order valence-electron chi connectivity index (χ2n) is 4.13. The van der Waals surface area contributed by atoms with Crippen LogP contribution in [0.2, 0.25) is 0 Å². The maximum absolute atomic E-state index is 12.2. The highest BCUT2D eigenvalue weighted by Gasteiger charge is 2.14. The van der Waals surface area contributed by atoms with Crippen molar-refractivity contribution in [2.24, 2.45) is 5.84 Å². The standard InChI is InChI=1S/C12H15BrN6O2/c1-21-3-2-19-7-9(6-16-19)17-12(20)10-4-8(13)5-15-11(10)18-14/h4-7H,2-3,14H2,1H3,(H,15,18)(H,17,20). The van der Waals surface area contributed by atoms with Crippen LogP contribution in [-0.4, -0.2) is 34.4 Å². The molecule has 0 saturated heterocycles. The molecule has 0 unspecified atom stereocenters. The number of anilines is 2. The van der Waals surface area contributed by atoms with Crippen molar-refractivity contribution in [2.45, 2.75) is 6.54 Å². The average molecular weight is 355 g/mol. The second kappa shape index (κ2) is 7.16. The maximum atomic E-state index is 12.2. The summed E-state index contributed by atoms with van der Waals surface area (Å²) in [6, 6.07) is 1.63. The largest absolute Gasteiger partial charge is 0.383 e. The van der Waals surface area contributed by atoms with Crippen LogP contribution in [0.4, 0.5) is 11.5 Å². The van der Waals surface area contributed by atoms with Crippen LogP contribution < -0.4 is 16.6 Å². The number of pyridine rings is 1. The van der Waals surface area contributed by atoms with E-state index >= 15 is 0 Å². The van der Waals surface area contributed by atoms with Gasteiger partial charge in [0.2, 0.25) is 0 Å². The highest BCUT2D eigenvalue weighted by Crippen LogP contribution is 2.18. The van der Waals surface area contributed by atoms with E-state index in [-0.39, 0.29) is 5.91 Å². The smallest absolute Gasteiger partial charge is 0.259 e. The minimum absolute atomic E-state index is 0.294. The van der Waals surface area contributed by atoms with Gasteiger partial charge >= 0.3 is 0 Å². The molecule has 112 valence electrons. The third kappa shape index (κ3) is 4.00. The summed E-state index contributed by atoms with van der Waals surface area (Å²) in [6.45, 7) is 1.16. The predicted molar refractivity (Wildman–Crippen MR) is 81.8 cm³/mol. The van der Waals surface area contributed by atoms with Crippen molar-refractivity contribution in [3.05, 3.63) is 34.7 Å². The number of hydrogen-bond donors (Lipinski definition) is 3. The molecule has 0 radical (unpaired) electrons. The van der Waals surface area contributed by atoms with Crippen LogP contribution in [0.15, 0.2) is 29.1 Å². The minimum Gasteiger partial charge on any atom is -0.383 e. The Morgan fingerprint density at radius 1 is 1.52 bits per heavy atom. The number of aromatic nitrogens is 3. The molecular weight excluding hydrogens is 340 g/mol. The van der Waals surface area contributed by atoms with Gasteiger partial charge in [0.15, 0.2) is 5.82 Å². The zero-order valence-corrected chi connectivity index (χ0v) is 12.9. The van der Waals surface area contributed by atoms with Crippen LogP contribution in [-0.2, 0) is 11.3 Å². The highest BCUT2D eigenvalue weighted by molar-refractivity contribution is 9.10. The summed E-state index contributed by atoms with van der Waals surface area (Å²) < 4.78 is 7.33. The van der Waals surface area contributed by atoms with Crippen molar-refractivity contribution in [1.82, 2.24) is 14.8 Å². The lowest BCUT2D eigenvalue weighted by Gasteiger charge is -2.08. The zero-order valence-electron chi connectivity index (χ0n) is 11.3. The van der Waals surface area contributed by atoms with E-state index in [1.807, 2.05) is 0 Å². The molecule has 8 nitrogen and oxygen atoms in total. The summed E-state index contributed by atoms with van der Waals surface area (Å²) >= 11 is 3.27. The van der Waals surface area contributed by atoms with Crippen molar-refractivity contribution < 1.29 is 9.53 Å². The monoisotopic (exact) mass is 354 g/mol. The number of carbonyl (C=O) groups excluding carboxylic acids is 1. The van der Waals surface area contributed by atoms with E-state index in [1.54, 1.807) is 36.4 Å². The first-order valence-corrected chi connectivity index (χ1v) is 6.88. The molecule has 4 N–H and O–H groups in total. The molecule has 0 aliphatic rings. The molecule has 2 heterocycles. The minimum atomic E-state index is -0.331. The summed E-state index contributed by atoms with van der Waals surface area (Å²) in [5.74, 6) is 5.32. The van der Waals surface area contributed by atoms with Crippen LogP contribution in [0, 0.1) is 0 Å². The quantitative estimate of drug-likeness (QED) is 0.531. The third-order valence-corrected chi connectivity index (χ3v) is 3.08. The third-order valence-electron chi connectivity index (χ3n) is 2.65. The molecule has 0 aromatic carbocycles. The van der Waals surface area contributed by atoms with Gasteiger partial charge in [-0.05, 0) is 22.0 Å². The van der Waals surface area contributed by atoms with Crippen LogP contribution in [0.3, 0.4) is 0 Å². The topological polar surface area (TPSA) is 107 Å². The van der Waals surface area contributed by atoms with E-state index < -0.39 is 0 Å². The Morgan fingerprint density at radius 3 is 3.05 bits per heavy atom. The number of ether oxygens (including phenoxy) is 1. The molecule has 2 rings (SSSR count). The number of nitrogen functional groups attached to an aromatic ring is 1. The lowest BCUT2D eigenvalue weighted by molar-refractivity contribution is 0.102.